The van der Waals surface area contributed by atoms with Gasteiger partial charge in [0, 0.05) is 18.6 Å². The molecule has 1 N–H and O–H groups in total. The van der Waals surface area contributed by atoms with Crippen LogP contribution in [0.25, 0.3) is 0 Å². The van der Waals surface area contributed by atoms with Gasteiger partial charge in [-0.25, -0.2) is 9.59 Å². The largest absolute Gasteiger partial charge is 0.478 e. The summed E-state index contributed by atoms with van der Waals surface area (Å²) in [6, 6.07) is 0. The summed E-state index contributed by atoms with van der Waals surface area (Å²) in [5.74, 6) is -3.94. The molecule has 0 aliphatic rings. The smallest absolute Gasteiger partial charge is 0.437 e. The predicted octanol–water partition coefficient (Wildman–Crippen LogP) is 2.78. The molecule has 0 rings (SSSR count). The number of rotatable bonds is 6. The van der Waals surface area contributed by atoms with Crippen molar-refractivity contribution in [1.82, 2.24) is 0 Å². The summed E-state index contributed by atoms with van der Waals surface area (Å²) in [6.07, 6.45) is -15.2. The van der Waals surface area contributed by atoms with E-state index < -0.39 is 49.4 Å². The molecule has 0 aliphatic heterocycles. The van der Waals surface area contributed by atoms with E-state index in [4.69, 9.17) is 5.11 Å². The molecular formula is C10H9F7O4. The van der Waals surface area contributed by atoms with Crippen molar-refractivity contribution in [2.24, 2.45) is 0 Å². The molecule has 0 heterocycles. The van der Waals surface area contributed by atoms with Crippen molar-refractivity contribution in [3.63, 3.8) is 0 Å². The summed E-state index contributed by atoms with van der Waals surface area (Å²) in [4.78, 5) is 21.0. The molecule has 0 saturated carbocycles. The molecule has 0 bridgehead atoms. The van der Waals surface area contributed by atoms with E-state index in [1.807, 2.05) is 0 Å². The van der Waals surface area contributed by atoms with E-state index in [-0.39, 0.29) is 12.2 Å². The van der Waals surface area contributed by atoms with Crippen molar-refractivity contribution in [3.05, 3.63) is 12.2 Å². The molecule has 11 heteroatoms. The lowest BCUT2D eigenvalue weighted by Gasteiger charge is -2.36. The minimum absolute atomic E-state index is 0.00892. The molecule has 122 valence electrons. The van der Waals surface area contributed by atoms with Crippen molar-refractivity contribution in [2.75, 3.05) is 6.67 Å². The topological polar surface area (TPSA) is 63.6 Å². The highest BCUT2D eigenvalue weighted by Crippen LogP contribution is 2.48. The molecule has 0 spiro atoms. The Kier molecular flexibility index (Phi) is 6.18. The third-order valence-electron chi connectivity index (χ3n) is 2.22. The number of esters is 1. The van der Waals surface area contributed by atoms with Gasteiger partial charge >= 0.3 is 29.9 Å². The molecule has 0 fully saturated rings. The van der Waals surface area contributed by atoms with E-state index in [1.165, 1.54) is 0 Å². The molecule has 0 radical (unpaired) electrons. The molecule has 0 saturated heterocycles. The summed E-state index contributed by atoms with van der Waals surface area (Å²) >= 11 is 0. The summed E-state index contributed by atoms with van der Waals surface area (Å²) in [5.41, 5.74) is -4.90. The highest BCUT2D eigenvalue weighted by molar-refractivity contribution is 5.91. The van der Waals surface area contributed by atoms with Crippen LogP contribution in [0.5, 0.6) is 0 Å². The van der Waals surface area contributed by atoms with Crippen LogP contribution in [0.2, 0.25) is 0 Å². The summed E-state index contributed by atoms with van der Waals surface area (Å²) in [7, 11) is 0. The molecular weight excluding hydrogens is 317 g/mol. The van der Waals surface area contributed by atoms with E-state index >= 15 is 0 Å². The number of carboxylic acids is 1. The van der Waals surface area contributed by atoms with Crippen LogP contribution in [-0.2, 0) is 14.3 Å². The number of carbonyl (C=O) groups excluding carboxylic acids is 1. The minimum atomic E-state index is -6.05. The van der Waals surface area contributed by atoms with Gasteiger partial charge in [-0.2, -0.15) is 26.3 Å². The molecule has 0 aromatic carbocycles. The third kappa shape index (κ3) is 4.90. The zero-order valence-corrected chi connectivity index (χ0v) is 10.1. The maximum Gasteiger partial charge on any atom is 0.437 e. The highest BCUT2D eigenvalue weighted by atomic mass is 19.4. The molecule has 0 amide bonds. The highest BCUT2D eigenvalue weighted by Gasteiger charge is 2.73. The number of hydrogen-bond acceptors (Lipinski definition) is 3. The Balaban J connectivity index is 5.58. The molecule has 0 atom stereocenters. The van der Waals surface area contributed by atoms with Gasteiger partial charge in [0.1, 0.15) is 0 Å². The Morgan fingerprint density at radius 3 is 1.81 bits per heavy atom. The van der Waals surface area contributed by atoms with Crippen LogP contribution in [-0.4, -0.2) is 41.7 Å². The summed E-state index contributed by atoms with van der Waals surface area (Å²) in [5, 5.41) is 8.13. The number of aliphatic carboxylic acids is 1. The van der Waals surface area contributed by atoms with Gasteiger partial charge in [-0.3, -0.25) is 4.39 Å². The number of alkyl halides is 7. The van der Waals surface area contributed by atoms with E-state index in [0.717, 1.165) is 0 Å². The number of hydrogen-bond donors (Lipinski definition) is 1. The fourth-order valence-corrected chi connectivity index (χ4v) is 1.27. The van der Waals surface area contributed by atoms with Crippen LogP contribution in [0.1, 0.15) is 12.8 Å². The van der Waals surface area contributed by atoms with Gasteiger partial charge in [0.25, 0.3) is 0 Å². The van der Waals surface area contributed by atoms with E-state index in [2.05, 4.69) is 4.74 Å². The quantitative estimate of drug-likeness (QED) is 0.463. The van der Waals surface area contributed by atoms with Gasteiger partial charge in [0.05, 0.1) is 6.67 Å². The van der Waals surface area contributed by atoms with Gasteiger partial charge in [-0.15, -0.1) is 0 Å². The zero-order chi connectivity index (χ0) is 16.9. The molecule has 0 unspecified atom stereocenters. The van der Waals surface area contributed by atoms with Gasteiger partial charge < -0.3 is 9.84 Å². The van der Waals surface area contributed by atoms with Crippen LogP contribution in [0.4, 0.5) is 30.7 Å². The monoisotopic (exact) mass is 326 g/mol. The molecule has 21 heavy (non-hydrogen) atoms. The van der Waals surface area contributed by atoms with Crippen LogP contribution in [0, 0.1) is 0 Å². The first kappa shape index (κ1) is 19.2. The van der Waals surface area contributed by atoms with E-state index in [0.29, 0.717) is 0 Å². The fraction of sp³-hybridized carbons (Fsp3) is 0.600. The number of carboxylic acid groups (broad SMARTS) is 1. The van der Waals surface area contributed by atoms with Crippen LogP contribution < -0.4 is 0 Å². The normalized spacial score (nSPS) is 13.5. The standard InChI is InChI=1S/C10H9F7O4/c11-5-1-4-8(9(12,13)14,10(15,16)17)21-7(20)3-2-6(18)19/h2-3H,1,4-5H2,(H,18,19). The van der Waals surface area contributed by atoms with Gasteiger partial charge in [-0.05, 0) is 6.42 Å². The van der Waals surface area contributed by atoms with Crippen LogP contribution in [0.15, 0.2) is 12.2 Å². The van der Waals surface area contributed by atoms with E-state index in [9.17, 15) is 40.3 Å². The maximum absolute atomic E-state index is 12.7. The van der Waals surface area contributed by atoms with Gasteiger partial charge in [0.2, 0.25) is 0 Å². The Morgan fingerprint density at radius 1 is 1.00 bits per heavy atom. The Hall–Kier alpha value is -1.81. The first-order valence-electron chi connectivity index (χ1n) is 5.21. The second kappa shape index (κ2) is 6.76. The number of ether oxygens (including phenoxy) is 1. The minimum Gasteiger partial charge on any atom is -0.478 e. The van der Waals surface area contributed by atoms with Crippen molar-refractivity contribution in [1.29, 1.82) is 0 Å². The van der Waals surface area contributed by atoms with Crippen molar-refractivity contribution < 1.29 is 50.2 Å². The Labute approximate surface area is 113 Å². The average molecular weight is 326 g/mol. The molecule has 0 aromatic rings. The van der Waals surface area contributed by atoms with Crippen LogP contribution >= 0.6 is 0 Å². The number of carbonyl (C=O) groups is 2. The van der Waals surface area contributed by atoms with Crippen molar-refractivity contribution in [3.8, 4) is 0 Å². The van der Waals surface area contributed by atoms with E-state index in [1.54, 1.807) is 0 Å². The van der Waals surface area contributed by atoms with Gasteiger partial charge in [0.15, 0.2) is 0 Å². The lowest BCUT2D eigenvalue weighted by molar-refractivity contribution is -0.370. The SMILES string of the molecule is O=C(O)C=CC(=O)OC(CCCF)(C(F)(F)F)C(F)(F)F. The van der Waals surface area contributed by atoms with Crippen molar-refractivity contribution >= 4 is 11.9 Å². The summed E-state index contributed by atoms with van der Waals surface area (Å²) in [6.45, 7) is -1.49. The maximum atomic E-state index is 12.7. The Morgan fingerprint density at radius 2 is 1.48 bits per heavy atom. The van der Waals surface area contributed by atoms with Crippen LogP contribution in [0.3, 0.4) is 0 Å². The predicted molar refractivity (Wildman–Crippen MR) is 52.9 cm³/mol. The zero-order valence-electron chi connectivity index (χ0n) is 10.1. The second-order valence-corrected chi connectivity index (χ2v) is 3.71. The van der Waals surface area contributed by atoms with Gasteiger partial charge in [-0.1, -0.05) is 0 Å². The summed E-state index contributed by atoms with van der Waals surface area (Å²) < 4.78 is 91.5. The lowest BCUT2D eigenvalue weighted by Crippen LogP contribution is -2.59. The Bertz CT molecular complexity index is 397. The molecule has 4 nitrogen and oxygen atoms in total. The first-order valence-corrected chi connectivity index (χ1v) is 5.21. The average Bonchev–Trinajstić information content (AvgIpc) is 2.28. The molecule has 0 aliphatic carbocycles. The first-order chi connectivity index (χ1) is 9.37. The number of halogens is 7. The molecule has 0 aromatic heterocycles. The fourth-order valence-electron chi connectivity index (χ4n) is 1.27. The second-order valence-electron chi connectivity index (χ2n) is 3.71. The third-order valence-corrected chi connectivity index (χ3v) is 2.22. The lowest BCUT2D eigenvalue weighted by atomic mass is 9.96. The van der Waals surface area contributed by atoms with Crippen molar-refractivity contribution in [2.45, 2.75) is 30.8 Å².